The summed E-state index contributed by atoms with van der Waals surface area (Å²) >= 11 is 0. The van der Waals surface area contributed by atoms with Gasteiger partial charge in [-0.2, -0.15) is 5.10 Å². The minimum atomic E-state index is -0.705. The van der Waals surface area contributed by atoms with Gasteiger partial charge in [0.2, 0.25) is 5.91 Å². The normalized spacial score (nSPS) is 13.4. The van der Waals surface area contributed by atoms with Crippen molar-refractivity contribution >= 4 is 5.91 Å². The van der Waals surface area contributed by atoms with Gasteiger partial charge in [-0.1, -0.05) is 13.8 Å². The average molecular weight is 254 g/mol. The summed E-state index contributed by atoms with van der Waals surface area (Å²) in [5, 5.41) is 15.7. The van der Waals surface area contributed by atoms with Crippen molar-refractivity contribution in [1.82, 2.24) is 15.1 Å². The molecule has 0 aliphatic carbocycles. The van der Waals surface area contributed by atoms with Crippen molar-refractivity contribution in [2.45, 2.75) is 26.3 Å². The Bertz CT molecular complexity index is 401. The molecule has 6 heteroatoms. The Kier molecular flexibility index (Phi) is 4.86. The number of aromatic nitrogens is 2. The number of nitrogens with two attached hydrogens (primary N) is 1. The van der Waals surface area contributed by atoms with E-state index in [0.29, 0.717) is 18.5 Å². The third-order valence-corrected chi connectivity index (χ3v) is 2.90. The zero-order chi connectivity index (χ0) is 13.8. The van der Waals surface area contributed by atoms with E-state index in [1.165, 1.54) is 0 Å². The molecule has 0 spiro atoms. The maximum Gasteiger partial charge on any atom is 0.241 e. The smallest absolute Gasteiger partial charge is 0.241 e. The number of nitrogens with zero attached hydrogens (tertiary/aromatic N) is 2. The molecule has 1 unspecified atom stereocenters. The molecule has 6 nitrogen and oxygen atoms in total. The van der Waals surface area contributed by atoms with E-state index >= 15 is 0 Å². The molecule has 1 heterocycles. The van der Waals surface area contributed by atoms with Gasteiger partial charge in [0.15, 0.2) is 0 Å². The monoisotopic (exact) mass is 254 g/mol. The lowest BCUT2D eigenvalue weighted by Crippen LogP contribution is -2.39. The van der Waals surface area contributed by atoms with E-state index in [1.807, 2.05) is 13.8 Å². The highest BCUT2D eigenvalue weighted by Gasteiger charge is 2.22. The Morgan fingerprint density at radius 1 is 1.67 bits per heavy atom. The Hall–Kier alpha value is -1.40. The number of nitrogens with one attached hydrogen (secondary N) is 1. The Labute approximate surface area is 107 Å². The lowest BCUT2D eigenvalue weighted by Gasteiger charge is -2.24. The number of aryl methyl sites for hydroxylation is 1. The molecule has 0 radical (unpaired) electrons. The number of hydrogen-bond donors (Lipinski definition) is 3. The van der Waals surface area contributed by atoms with Crippen molar-refractivity contribution in [2.24, 2.45) is 18.2 Å². The highest BCUT2D eigenvalue weighted by Crippen LogP contribution is 2.18. The second kappa shape index (κ2) is 5.97. The molecule has 1 atom stereocenters. The molecule has 1 amide bonds. The minimum absolute atomic E-state index is 0.109. The van der Waals surface area contributed by atoms with Crippen LogP contribution in [-0.2, 0) is 11.8 Å². The van der Waals surface area contributed by atoms with Gasteiger partial charge in [-0.05, 0) is 11.8 Å². The van der Waals surface area contributed by atoms with E-state index in [2.05, 4.69) is 10.4 Å². The van der Waals surface area contributed by atoms with Gasteiger partial charge in [0.1, 0.15) is 6.04 Å². The molecule has 4 N–H and O–H groups in total. The Balaban J connectivity index is 2.51. The summed E-state index contributed by atoms with van der Waals surface area (Å²) in [4.78, 5) is 11.9. The topological polar surface area (TPSA) is 93.2 Å². The van der Waals surface area contributed by atoms with Gasteiger partial charge in [-0.15, -0.1) is 0 Å². The number of carbonyl (C=O) groups excluding carboxylic acids is 1. The summed E-state index contributed by atoms with van der Waals surface area (Å²) in [6.07, 6.45) is 3.95. The summed E-state index contributed by atoms with van der Waals surface area (Å²) in [5.74, 6) is -0.228. The first-order valence-electron chi connectivity index (χ1n) is 5.98. The molecule has 0 aliphatic rings. The standard InChI is InChI=1S/C12H22N4O2/c1-12(2,4-5-17)8-14-11(18)10(13)9-6-15-16(3)7-9/h6-7,10,17H,4-5,8,13H2,1-3H3,(H,14,18). The van der Waals surface area contributed by atoms with Crippen LogP contribution < -0.4 is 11.1 Å². The number of amides is 1. The quantitative estimate of drug-likeness (QED) is 0.663. The molecule has 1 rings (SSSR count). The molecule has 1 aromatic heterocycles. The molecular weight excluding hydrogens is 232 g/mol. The number of hydrogen-bond acceptors (Lipinski definition) is 4. The van der Waals surface area contributed by atoms with Crippen LogP contribution in [-0.4, -0.2) is 33.9 Å². The number of aliphatic hydroxyl groups is 1. The molecule has 102 valence electrons. The molecule has 1 aromatic rings. The molecular formula is C12H22N4O2. The number of carbonyl (C=O) groups is 1. The van der Waals surface area contributed by atoms with Crippen LogP contribution >= 0.6 is 0 Å². The van der Waals surface area contributed by atoms with E-state index < -0.39 is 6.04 Å². The number of aliphatic hydroxyl groups excluding tert-OH is 1. The molecule has 18 heavy (non-hydrogen) atoms. The predicted octanol–water partition coefficient (Wildman–Crippen LogP) is -0.0553. The molecule has 0 aliphatic heterocycles. The van der Waals surface area contributed by atoms with Crippen molar-refractivity contribution in [3.05, 3.63) is 18.0 Å². The minimum Gasteiger partial charge on any atom is -0.396 e. The van der Waals surface area contributed by atoms with E-state index in [9.17, 15) is 4.79 Å². The van der Waals surface area contributed by atoms with Crippen molar-refractivity contribution in [3.63, 3.8) is 0 Å². The summed E-state index contributed by atoms with van der Waals surface area (Å²) < 4.78 is 1.61. The first-order valence-corrected chi connectivity index (χ1v) is 5.98. The zero-order valence-electron chi connectivity index (χ0n) is 11.2. The third-order valence-electron chi connectivity index (χ3n) is 2.90. The predicted molar refractivity (Wildman–Crippen MR) is 68.6 cm³/mol. The van der Waals surface area contributed by atoms with Crippen molar-refractivity contribution < 1.29 is 9.90 Å². The highest BCUT2D eigenvalue weighted by atomic mass is 16.3. The molecule has 0 fully saturated rings. The third kappa shape index (κ3) is 4.12. The Morgan fingerprint density at radius 2 is 2.33 bits per heavy atom. The van der Waals surface area contributed by atoms with Crippen LogP contribution in [0.5, 0.6) is 0 Å². The number of rotatable bonds is 6. The van der Waals surface area contributed by atoms with Gasteiger partial charge < -0.3 is 16.2 Å². The maximum absolute atomic E-state index is 11.9. The molecule has 0 bridgehead atoms. The fourth-order valence-electron chi connectivity index (χ4n) is 1.58. The van der Waals surface area contributed by atoms with Crippen LogP contribution in [0.2, 0.25) is 0 Å². The SMILES string of the molecule is Cn1cc(C(N)C(=O)NCC(C)(C)CCO)cn1. The van der Waals surface area contributed by atoms with Gasteiger partial charge in [0.25, 0.3) is 0 Å². The van der Waals surface area contributed by atoms with Crippen LogP contribution in [0, 0.1) is 5.41 Å². The summed E-state index contributed by atoms with van der Waals surface area (Å²) in [6, 6.07) is -0.705. The Morgan fingerprint density at radius 3 is 2.83 bits per heavy atom. The largest absolute Gasteiger partial charge is 0.396 e. The van der Waals surface area contributed by atoms with Crippen LogP contribution in [0.3, 0.4) is 0 Å². The van der Waals surface area contributed by atoms with Crippen molar-refractivity contribution in [3.8, 4) is 0 Å². The fourth-order valence-corrected chi connectivity index (χ4v) is 1.58. The fraction of sp³-hybridized carbons (Fsp3) is 0.667. The van der Waals surface area contributed by atoms with Crippen LogP contribution in [0.15, 0.2) is 12.4 Å². The van der Waals surface area contributed by atoms with Gasteiger partial charge >= 0.3 is 0 Å². The van der Waals surface area contributed by atoms with E-state index in [1.54, 1.807) is 24.1 Å². The first-order chi connectivity index (χ1) is 8.35. The van der Waals surface area contributed by atoms with E-state index in [-0.39, 0.29) is 17.9 Å². The second-order valence-electron chi connectivity index (χ2n) is 5.28. The van der Waals surface area contributed by atoms with Crippen molar-refractivity contribution in [1.29, 1.82) is 0 Å². The lowest BCUT2D eigenvalue weighted by atomic mass is 9.89. The lowest BCUT2D eigenvalue weighted by molar-refractivity contribution is -0.123. The van der Waals surface area contributed by atoms with Crippen LogP contribution in [0.25, 0.3) is 0 Å². The maximum atomic E-state index is 11.9. The van der Waals surface area contributed by atoms with E-state index in [0.717, 1.165) is 0 Å². The van der Waals surface area contributed by atoms with Crippen LogP contribution in [0.1, 0.15) is 31.9 Å². The van der Waals surface area contributed by atoms with Gasteiger partial charge in [-0.25, -0.2) is 0 Å². The first kappa shape index (κ1) is 14.7. The molecule has 0 aromatic carbocycles. The van der Waals surface area contributed by atoms with Gasteiger partial charge in [0.05, 0.1) is 6.20 Å². The zero-order valence-corrected chi connectivity index (χ0v) is 11.2. The van der Waals surface area contributed by atoms with Crippen LogP contribution in [0.4, 0.5) is 0 Å². The van der Waals surface area contributed by atoms with E-state index in [4.69, 9.17) is 10.8 Å². The second-order valence-corrected chi connectivity index (χ2v) is 5.28. The van der Waals surface area contributed by atoms with Gasteiger partial charge in [0, 0.05) is 32.0 Å². The van der Waals surface area contributed by atoms with Crippen molar-refractivity contribution in [2.75, 3.05) is 13.2 Å². The average Bonchev–Trinajstić information content (AvgIpc) is 2.72. The summed E-state index contributed by atoms with van der Waals surface area (Å²) in [6.45, 7) is 4.57. The molecule has 0 saturated carbocycles. The summed E-state index contributed by atoms with van der Waals surface area (Å²) in [7, 11) is 1.78. The molecule has 0 saturated heterocycles. The summed E-state index contributed by atoms with van der Waals surface area (Å²) in [5.41, 5.74) is 6.39. The van der Waals surface area contributed by atoms with Gasteiger partial charge in [-0.3, -0.25) is 9.48 Å². The highest BCUT2D eigenvalue weighted by molar-refractivity contribution is 5.82.